The fraction of sp³-hybridized carbons (Fsp3) is 0.500. The summed E-state index contributed by atoms with van der Waals surface area (Å²) in [6, 6.07) is 4.83. The highest BCUT2D eigenvalue weighted by Gasteiger charge is 2.44. The summed E-state index contributed by atoms with van der Waals surface area (Å²) in [7, 11) is 0. The third-order valence-corrected chi connectivity index (χ3v) is 7.72. The first kappa shape index (κ1) is 22.7. The summed E-state index contributed by atoms with van der Waals surface area (Å²) in [5.74, 6) is -1.90. The van der Waals surface area contributed by atoms with Crippen LogP contribution in [-0.4, -0.2) is 61.8 Å². The highest BCUT2D eigenvalue weighted by Crippen LogP contribution is 2.54. The molecule has 10 nitrogen and oxygen atoms in total. The Hall–Kier alpha value is -3.70. The predicted octanol–water partition coefficient (Wildman–Crippen LogP) is 4.25. The van der Waals surface area contributed by atoms with Gasteiger partial charge in [-0.2, -0.15) is 10.1 Å². The van der Waals surface area contributed by atoms with E-state index in [1.807, 2.05) is 0 Å². The minimum Gasteiger partial charge on any atom is -0.370 e. The van der Waals surface area contributed by atoms with Crippen LogP contribution in [0.3, 0.4) is 0 Å². The van der Waals surface area contributed by atoms with Gasteiger partial charge in [-0.25, -0.2) is 23.4 Å². The Balaban J connectivity index is 1.28. The molecule has 3 aliphatic rings. The number of nitro benzene ring substituents is 1. The fourth-order valence-electron chi connectivity index (χ4n) is 5.15. The van der Waals surface area contributed by atoms with E-state index in [4.69, 9.17) is 0 Å². The van der Waals surface area contributed by atoms with Crippen LogP contribution in [0.1, 0.15) is 38.5 Å². The largest absolute Gasteiger partial charge is 0.370 e. The Morgan fingerprint density at radius 2 is 1.64 bits per heavy atom. The molecule has 0 radical (unpaired) electrons. The van der Waals surface area contributed by atoms with Crippen molar-refractivity contribution in [2.75, 3.05) is 36.0 Å². The molecule has 0 bridgehead atoms. The van der Waals surface area contributed by atoms with Gasteiger partial charge in [0.05, 0.1) is 28.1 Å². The maximum absolute atomic E-state index is 13.5. The second kappa shape index (κ2) is 8.45. The second-order valence-electron chi connectivity index (χ2n) is 10.0. The van der Waals surface area contributed by atoms with Crippen molar-refractivity contribution in [3.05, 3.63) is 47.0 Å². The third-order valence-electron chi connectivity index (χ3n) is 7.72. The molecule has 0 N–H and O–H groups in total. The zero-order valence-corrected chi connectivity index (χ0v) is 19.7. The van der Waals surface area contributed by atoms with Gasteiger partial charge in [0.1, 0.15) is 6.33 Å². The van der Waals surface area contributed by atoms with Gasteiger partial charge in [-0.05, 0) is 37.2 Å². The molecule has 2 aliphatic heterocycles. The number of hydrogen-bond donors (Lipinski definition) is 0. The number of hydrogen-bond acceptors (Lipinski definition) is 8. The molecule has 0 atom stereocenters. The second-order valence-corrected chi connectivity index (χ2v) is 10.0. The zero-order valence-electron chi connectivity index (χ0n) is 19.7. The minimum atomic E-state index is -2.65. The van der Waals surface area contributed by atoms with Crippen LogP contribution < -0.4 is 9.80 Å². The van der Waals surface area contributed by atoms with Crippen LogP contribution in [0.2, 0.25) is 0 Å². The van der Waals surface area contributed by atoms with E-state index in [1.54, 1.807) is 34.1 Å². The molecule has 4 heterocycles. The van der Waals surface area contributed by atoms with Crippen molar-refractivity contribution in [1.82, 2.24) is 24.7 Å². The molecule has 36 heavy (non-hydrogen) atoms. The number of piperidine rings is 2. The van der Waals surface area contributed by atoms with Gasteiger partial charge >= 0.3 is 0 Å². The Morgan fingerprint density at radius 1 is 0.917 bits per heavy atom. The monoisotopic (exact) mass is 496 g/mol. The number of rotatable bonds is 5. The summed E-state index contributed by atoms with van der Waals surface area (Å²) in [4.78, 5) is 28.0. The van der Waals surface area contributed by atoms with Crippen LogP contribution in [0.4, 0.5) is 26.1 Å². The van der Waals surface area contributed by atoms with Crippen LogP contribution in [-0.2, 0) is 0 Å². The number of non-ortho nitro benzene ring substituents is 1. The SMILES string of the molecule is O=[N+]([O-])c1ccc(-n2cc(-c3ncnc(N4CCC(F)(F)CC4)n3)cn2)c(N2CCC3(CC2)CC3)c1. The zero-order chi connectivity index (χ0) is 24.9. The van der Waals surface area contributed by atoms with E-state index in [-0.39, 0.29) is 36.5 Å². The first-order chi connectivity index (χ1) is 17.3. The van der Waals surface area contributed by atoms with E-state index >= 15 is 0 Å². The lowest BCUT2D eigenvalue weighted by Crippen LogP contribution is -2.40. The van der Waals surface area contributed by atoms with Crippen LogP contribution in [0.5, 0.6) is 0 Å². The standard InChI is InChI=1S/C24H26F2N8O2/c25-24(26)7-11-32(12-8-24)22-28-16-27-21(30-22)17-14-29-33(15-17)19-2-1-18(34(35)36)13-20(19)31-9-5-23(3-4-23)6-10-31/h1-2,13-16H,3-12H2. The molecule has 12 heteroatoms. The van der Waals surface area contributed by atoms with Gasteiger partial charge in [0.25, 0.3) is 11.6 Å². The molecule has 2 saturated heterocycles. The summed E-state index contributed by atoms with van der Waals surface area (Å²) in [6.07, 6.45) is 9.06. The molecule has 1 saturated carbocycles. The molecular formula is C24H26F2N8O2. The molecule has 0 unspecified atom stereocenters. The summed E-state index contributed by atoms with van der Waals surface area (Å²) >= 11 is 0. The van der Waals surface area contributed by atoms with E-state index in [0.717, 1.165) is 37.3 Å². The van der Waals surface area contributed by atoms with Gasteiger partial charge < -0.3 is 9.80 Å². The molecule has 3 aromatic rings. The lowest BCUT2D eigenvalue weighted by molar-refractivity contribution is -0.384. The number of aromatic nitrogens is 5. The average Bonchev–Trinajstić information content (AvgIpc) is 3.44. The normalized spacial score (nSPS) is 20.5. The van der Waals surface area contributed by atoms with Crippen LogP contribution in [0, 0.1) is 15.5 Å². The topological polar surface area (TPSA) is 106 Å². The predicted molar refractivity (Wildman–Crippen MR) is 129 cm³/mol. The average molecular weight is 497 g/mol. The van der Waals surface area contributed by atoms with Crippen molar-refractivity contribution < 1.29 is 13.7 Å². The van der Waals surface area contributed by atoms with Gasteiger partial charge in [-0.15, -0.1) is 0 Å². The first-order valence-electron chi connectivity index (χ1n) is 12.2. The lowest BCUT2D eigenvalue weighted by Gasteiger charge is -2.34. The van der Waals surface area contributed by atoms with Gasteiger partial charge in [0.15, 0.2) is 5.82 Å². The highest BCUT2D eigenvalue weighted by molar-refractivity contribution is 5.68. The quantitative estimate of drug-likeness (QED) is 0.381. The van der Waals surface area contributed by atoms with E-state index in [9.17, 15) is 18.9 Å². The number of nitro groups is 1. The molecule has 1 spiro atoms. The number of alkyl halides is 2. The number of benzene rings is 1. The van der Waals surface area contributed by atoms with Crippen molar-refractivity contribution in [2.24, 2.45) is 5.41 Å². The summed E-state index contributed by atoms with van der Waals surface area (Å²) < 4.78 is 28.8. The molecule has 188 valence electrons. The van der Waals surface area contributed by atoms with Crippen molar-refractivity contribution in [3.8, 4) is 17.1 Å². The minimum absolute atomic E-state index is 0.0436. The Morgan fingerprint density at radius 3 is 2.33 bits per heavy atom. The molecule has 1 aromatic carbocycles. The Labute approximate surface area is 206 Å². The maximum atomic E-state index is 13.5. The van der Waals surface area contributed by atoms with E-state index < -0.39 is 5.92 Å². The molecular weight excluding hydrogens is 470 g/mol. The van der Waals surface area contributed by atoms with Crippen molar-refractivity contribution in [2.45, 2.75) is 44.4 Å². The molecule has 6 rings (SSSR count). The first-order valence-corrected chi connectivity index (χ1v) is 12.2. The molecule has 2 aromatic heterocycles. The van der Waals surface area contributed by atoms with E-state index in [2.05, 4.69) is 25.0 Å². The Kier molecular flexibility index (Phi) is 5.34. The van der Waals surface area contributed by atoms with Crippen molar-refractivity contribution in [1.29, 1.82) is 0 Å². The van der Waals surface area contributed by atoms with Crippen LogP contribution in [0.25, 0.3) is 17.1 Å². The molecule has 1 aliphatic carbocycles. The van der Waals surface area contributed by atoms with Gasteiger partial charge in [0.2, 0.25) is 5.95 Å². The van der Waals surface area contributed by atoms with Crippen LogP contribution in [0.15, 0.2) is 36.9 Å². The summed E-state index contributed by atoms with van der Waals surface area (Å²) in [6.45, 7) is 2.07. The Bertz CT molecular complexity index is 1290. The van der Waals surface area contributed by atoms with Gasteiger partial charge in [-0.1, -0.05) is 0 Å². The van der Waals surface area contributed by atoms with E-state index in [1.165, 1.54) is 25.2 Å². The molecule has 3 fully saturated rings. The third kappa shape index (κ3) is 4.35. The smallest absolute Gasteiger partial charge is 0.271 e. The maximum Gasteiger partial charge on any atom is 0.271 e. The molecule has 0 amide bonds. The highest BCUT2D eigenvalue weighted by atomic mass is 19.3. The van der Waals surface area contributed by atoms with E-state index in [0.29, 0.717) is 22.8 Å². The number of halogens is 2. The van der Waals surface area contributed by atoms with Crippen molar-refractivity contribution in [3.63, 3.8) is 0 Å². The summed E-state index contributed by atoms with van der Waals surface area (Å²) in [5, 5.41) is 16.0. The van der Waals surface area contributed by atoms with Crippen molar-refractivity contribution >= 4 is 17.3 Å². The lowest BCUT2D eigenvalue weighted by atomic mass is 9.93. The number of anilines is 2. The van der Waals surface area contributed by atoms with Crippen LogP contribution >= 0.6 is 0 Å². The van der Waals surface area contributed by atoms with Gasteiger partial charge in [-0.3, -0.25) is 10.1 Å². The number of nitrogens with zero attached hydrogens (tertiary/aromatic N) is 8. The van der Waals surface area contributed by atoms with Gasteiger partial charge in [0, 0.05) is 57.4 Å². The fourth-order valence-corrected chi connectivity index (χ4v) is 5.15. The summed E-state index contributed by atoms with van der Waals surface area (Å²) in [5.41, 5.74) is 2.69.